The van der Waals surface area contributed by atoms with Crippen LogP contribution in [0.4, 0.5) is 0 Å². The maximum absolute atomic E-state index is 13.1. The Morgan fingerprint density at radius 3 is 2.61 bits per heavy atom. The predicted molar refractivity (Wildman–Crippen MR) is 98.7 cm³/mol. The fourth-order valence-corrected chi connectivity index (χ4v) is 5.08. The second-order valence-corrected chi connectivity index (χ2v) is 8.28. The summed E-state index contributed by atoms with van der Waals surface area (Å²) in [7, 11) is -1.91. The number of carbonyl (C=O) groups excluding carboxylic acids is 2. The number of benzene rings is 1. The zero-order valence-electron chi connectivity index (χ0n) is 15.7. The topological polar surface area (TPSA) is 108 Å². The van der Waals surface area contributed by atoms with Crippen LogP contribution in [0.15, 0.2) is 30.3 Å². The normalized spacial score (nSPS) is 35.2. The Morgan fingerprint density at radius 2 is 1.96 bits per heavy atom. The summed E-state index contributed by atoms with van der Waals surface area (Å²) in [5, 5.41) is 7.37. The minimum absolute atomic E-state index is 0.125. The highest BCUT2D eigenvalue weighted by Crippen LogP contribution is 2.33. The molecule has 0 aromatic heterocycles. The molecule has 0 bridgehead atoms. The molecule has 8 nitrogen and oxygen atoms in total. The molecule has 2 aliphatic heterocycles. The molecule has 2 fully saturated rings. The molecule has 2 aliphatic rings. The lowest BCUT2D eigenvalue weighted by atomic mass is 10.0. The van der Waals surface area contributed by atoms with Gasteiger partial charge in [0.05, 0.1) is 36.7 Å². The van der Waals surface area contributed by atoms with E-state index in [9.17, 15) is 18.9 Å². The van der Waals surface area contributed by atoms with Gasteiger partial charge in [-0.3, -0.25) is 13.8 Å². The fourth-order valence-electron chi connectivity index (χ4n) is 3.35. The quantitative estimate of drug-likeness (QED) is 0.666. The molecule has 9 heteroatoms. The minimum atomic E-state index is -1.91. The van der Waals surface area contributed by atoms with Crippen molar-refractivity contribution in [2.45, 2.75) is 55.6 Å². The molecule has 0 amide bonds. The molecule has 28 heavy (non-hydrogen) atoms. The highest BCUT2D eigenvalue weighted by Gasteiger charge is 2.56. The molecule has 1 aromatic rings. The summed E-state index contributed by atoms with van der Waals surface area (Å²) in [5.74, 6) is -1.18. The molecular weight excluding hydrogens is 388 g/mol. The van der Waals surface area contributed by atoms with E-state index in [4.69, 9.17) is 18.9 Å². The number of aliphatic hydroxyl groups is 1. The van der Waals surface area contributed by atoms with E-state index in [0.717, 1.165) is 5.56 Å². The van der Waals surface area contributed by atoms with Gasteiger partial charge in [-0.15, -0.1) is 0 Å². The maximum Gasteiger partial charge on any atom is 0.324 e. The Balaban J connectivity index is 1.78. The molecule has 1 aromatic carbocycles. The number of Topliss-reactive ketones (excluding diaryl/α,β-unsaturated/α-hetero) is 1. The van der Waals surface area contributed by atoms with Gasteiger partial charge in [0.15, 0.2) is 17.3 Å². The van der Waals surface area contributed by atoms with Gasteiger partial charge in [0, 0.05) is 0 Å². The van der Waals surface area contributed by atoms with Crippen LogP contribution in [-0.2, 0) is 45.9 Å². The zero-order chi connectivity index (χ0) is 20.3. The lowest BCUT2D eigenvalue weighted by molar-refractivity contribution is -0.243. The first-order valence-corrected chi connectivity index (χ1v) is 10.4. The number of rotatable bonds is 6. The molecule has 0 saturated carbocycles. The summed E-state index contributed by atoms with van der Waals surface area (Å²) >= 11 is 0. The number of esters is 1. The van der Waals surface area contributed by atoms with Crippen LogP contribution in [0, 0.1) is 0 Å². The van der Waals surface area contributed by atoms with Crippen molar-refractivity contribution < 1.29 is 37.9 Å². The molecule has 0 aliphatic carbocycles. The van der Waals surface area contributed by atoms with Crippen LogP contribution in [0.2, 0.25) is 0 Å². The summed E-state index contributed by atoms with van der Waals surface area (Å²) in [6.07, 6.45) is -3.92. The number of fused-ring (bicyclic) bond motifs is 1. The monoisotopic (exact) mass is 412 g/mol. The predicted octanol–water partition coefficient (Wildman–Crippen LogP) is 0.326. The van der Waals surface area contributed by atoms with Gasteiger partial charge < -0.3 is 24.1 Å². The van der Waals surface area contributed by atoms with Gasteiger partial charge in [-0.05, 0) is 19.4 Å². The Labute approximate surface area is 165 Å². The Morgan fingerprint density at radius 1 is 1.25 bits per heavy atom. The van der Waals surface area contributed by atoms with E-state index in [0.29, 0.717) is 0 Å². The van der Waals surface area contributed by atoms with E-state index in [1.807, 2.05) is 30.3 Å². The molecule has 2 heterocycles. The van der Waals surface area contributed by atoms with E-state index >= 15 is 0 Å². The molecule has 154 valence electrons. The summed E-state index contributed by atoms with van der Waals surface area (Å²) in [6, 6.07) is 9.22. The summed E-state index contributed by atoms with van der Waals surface area (Å²) in [5.41, 5.74) is 0.841. The number of hydrogen-bond acceptors (Lipinski definition) is 8. The van der Waals surface area contributed by atoms with Crippen molar-refractivity contribution in [1.29, 1.82) is 0 Å². The lowest BCUT2D eigenvalue weighted by Crippen LogP contribution is -2.65. The third-order valence-corrected chi connectivity index (χ3v) is 6.73. The van der Waals surface area contributed by atoms with E-state index in [1.165, 1.54) is 0 Å². The number of aliphatic hydroxyl groups excluding tert-OH is 1. The molecule has 2 saturated heterocycles. The van der Waals surface area contributed by atoms with E-state index < -0.39 is 64.3 Å². The Kier molecular flexibility index (Phi) is 6.95. The van der Waals surface area contributed by atoms with Crippen LogP contribution < -0.4 is 0 Å². The number of hydrogen-bond donors (Lipinski definition) is 1. The van der Waals surface area contributed by atoms with Crippen molar-refractivity contribution in [1.82, 2.24) is 0 Å². The van der Waals surface area contributed by atoms with Gasteiger partial charge in [0.1, 0.15) is 17.5 Å². The van der Waals surface area contributed by atoms with Gasteiger partial charge in [-0.1, -0.05) is 30.3 Å². The van der Waals surface area contributed by atoms with E-state index in [-0.39, 0.29) is 13.2 Å². The second kappa shape index (κ2) is 9.23. The highest BCUT2D eigenvalue weighted by atomic mass is 32.2. The van der Waals surface area contributed by atoms with Crippen LogP contribution in [0.5, 0.6) is 0 Å². The van der Waals surface area contributed by atoms with Crippen LogP contribution in [0.25, 0.3) is 0 Å². The average molecular weight is 412 g/mol. The summed E-state index contributed by atoms with van der Waals surface area (Å²) < 4.78 is 35.0. The minimum Gasteiger partial charge on any atom is -0.465 e. The zero-order valence-corrected chi connectivity index (χ0v) is 16.5. The van der Waals surface area contributed by atoms with Gasteiger partial charge in [-0.25, -0.2) is 0 Å². The average Bonchev–Trinajstić information content (AvgIpc) is 2.67. The van der Waals surface area contributed by atoms with Gasteiger partial charge in [0.25, 0.3) is 0 Å². The third kappa shape index (κ3) is 4.18. The molecule has 3 rings (SSSR count). The number of ether oxygens (including phenoxy) is 4. The first-order valence-electron chi connectivity index (χ1n) is 9.15. The van der Waals surface area contributed by atoms with Crippen LogP contribution in [0.3, 0.4) is 0 Å². The first kappa shape index (κ1) is 21.1. The number of ketones is 1. The van der Waals surface area contributed by atoms with Gasteiger partial charge in [-0.2, -0.15) is 0 Å². The highest BCUT2D eigenvalue weighted by molar-refractivity contribution is 7.88. The summed E-state index contributed by atoms with van der Waals surface area (Å²) in [4.78, 5) is 25.2. The van der Waals surface area contributed by atoms with Crippen molar-refractivity contribution in [2.75, 3.05) is 13.2 Å². The largest absolute Gasteiger partial charge is 0.465 e. The van der Waals surface area contributed by atoms with E-state index in [2.05, 4.69) is 0 Å². The SMILES string of the molecule is CCOC(=O)C1C(C)OC2OC(CO)C(OCc3ccccc3)C(=O)C2S1=O. The fraction of sp³-hybridized carbons (Fsp3) is 0.579. The second-order valence-electron chi connectivity index (χ2n) is 6.61. The standard InChI is InChI=1S/C19H24O8S/c1-3-24-18(22)16-11(2)26-19-17(28(16)23)14(21)15(13(9-20)27-19)25-10-12-7-5-4-6-8-12/h4-8,11,13,15-17,19-20H,3,9-10H2,1-2H3. The Bertz CT molecular complexity index is 724. The molecule has 1 N–H and O–H groups in total. The van der Waals surface area contributed by atoms with Crippen molar-refractivity contribution in [3.8, 4) is 0 Å². The number of carbonyl (C=O) groups is 2. The summed E-state index contributed by atoms with van der Waals surface area (Å²) in [6.45, 7) is 3.02. The smallest absolute Gasteiger partial charge is 0.324 e. The maximum atomic E-state index is 13.1. The van der Waals surface area contributed by atoms with Crippen LogP contribution in [-0.4, -0.2) is 69.4 Å². The van der Waals surface area contributed by atoms with Crippen molar-refractivity contribution >= 4 is 22.6 Å². The van der Waals surface area contributed by atoms with Crippen molar-refractivity contribution in [2.24, 2.45) is 0 Å². The first-order chi connectivity index (χ1) is 13.5. The van der Waals surface area contributed by atoms with Gasteiger partial charge >= 0.3 is 5.97 Å². The Hall–Kier alpha value is -1.65. The molecular formula is C19H24O8S. The van der Waals surface area contributed by atoms with Crippen LogP contribution >= 0.6 is 0 Å². The molecule has 0 spiro atoms. The third-order valence-electron chi connectivity index (χ3n) is 4.70. The molecule has 7 unspecified atom stereocenters. The van der Waals surface area contributed by atoms with Crippen molar-refractivity contribution in [3.63, 3.8) is 0 Å². The van der Waals surface area contributed by atoms with Crippen LogP contribution in [0.1, 0.15) is 19.4 Å². The molecule has 0 radical (unpaired) electrons. The van der Waals surface area contributed by atoms with Crippen molar-refractivity contribution in [3.05, 3.63) is 35.9 Å². The van der Waals surface area contributed by atoms with E-state index in [1.54, 1.807) is 13.8 Å². The van der Waals surface area contributed by atoms with Gasteiger partial charge in [0.2, 0.25) is 0 Å². The lowest BCUT2D eigenvalue weighted by Gasteiger charge is -2.44. The molecule has 7 atom stereocenters.